The number of fused-ring (bicyclic) bond motifs is 1. The molecular weight excluding hydrogens is 342 g/mol. The number of amides is 1. The zero-order valence-electron chi connectivity index (χ0n) is 13.3. The molecule has 3 aromatic rings. The number of halogens is 1. The number of aromatic amines is 1. The molecule has 1 amide bonds. The quantitative estimate of drug-likeness (QED) is 0.733. The van der Waals surface area contributed by atoms with Crippen molar-refractivity contribution in [1.29, 1.82) is 0 Å². The lowest BCUT2D eigenvalue weighted by molar-refractivity contribution is -0.121. The second kappa shape index (κ2) is 7.36. The average Bonchev–Trinajstić information content (AvgIpc) is 2.62. The minimum absolute atomic E-state index is 0.0781. The summed E-state index contributed by atoms with van der Waals surface area (Å²) in [7, 11) is 0. The van der Waals surface area contributed by atoms with Crippen LogP contribution in [-0.4, -0.2) is 15.7 Å². The Morgan fingerprint density at radius 1 is 1.08 bits per heavy atom. The maximum Gasteiger partial charge on any atom is 0.273 e. The van der Waals surface area contributed by atoms with Gasteiger partial charge < -0.3 is 5.32 Å². The second-order valence-electron chi connectivity index (χ2n) is 5.60. The summed E-state index contributed by atoms with van der Waals surface area (Å²) in [6.45, 7) is 0.447. The number of carbonyl (C=O) groups excluding carboxylic acids is 1. The summed E-state index contributed by atoms with van der Waals surface area (Å²) in [5, 5.41) is 6.55. The third-order valence-electron chi connectivity index (χ3n) is 3.82. The molecule has 0 aliphatic rings. The van der Waals surface area contributed by atoms with Crippen molar-refractivity contribution in [2.75, 3.05) is 0 Å². The number of H-pyrrole nitrogens is 1. The molecule has 2 N–H and O–H groups in total. The van der Waals surface area contributed by atoms with E-state index in [0.29, 0.717) is 22.3 Å². The molecule has 6 nitrogen and oxygen atoms in total. The van der Waals surface area contributed by atoms with Crippen molar-refractivity contribution in [2.24, 2.45) is 0 Å². The highest BCUT2D eigenvalue weighted by Gasteiger charge is 2.08. The Balaban J connectivity index is 1.66. The van der Waals surface area contributed by atoms with Crippen LogP contribution < -0.4 is 16.4 Å². The van der Waals surface area contributed by atoms with Crippen molar-refractivity contribution in [3.63, 3.8) is 0 Å². The predicted molar refractivity (Wildman–Crippen MR) is 96.7 cm³/mol. The summed E-state index contributed by atoms with van der Waals surface area (Å²) in [5.41, 5.74) is 0.213. The van der Waals surface area contributed by atoms with Crippen molar-refractivity contribution in [1.82, 2.24) is 15.1 Å². The summed E-state index contributed by atoms with van der Waals surface area (Å²) in [6, 6.07) is 13.8. The molecule has 7 heteroatoms. The van der Waals surface area contributed by atoms with Gasteiger partial charge in [0.1, 0.15) is 0 Å². The maximum atomic E-state index is 12.4. The molecule has 2 aromatic carbocycles. The standard InChI is InChI=1S/C18H16ClN3O3/c19-13-5-3-4-12(10-13)11-20-16(23)8-9-22-18(25)15-7-2-1-6-14(15)17(24)21-22/h1-7,10H,8-9,11H2,(H,20,23)(H,21,24). The maximum absolute atomic E-state index is 12.4. The molecule has 0 fully saturated rings. The van der Waals surface area contributed by atoms with E-state index >= 15 is 0 Å². The smallest absolute Gasteiger partial charge is 0.273 e. The van der Waals surface area contributed by atoms with Gasteiger partial charge in [-0.15, -0.1) is 0 Å². The topological polar surface area (TPSA) is 84.0 Å². The monoisotopic (exact) mass is 357 g/mol. The lowest BCUT2D eigenvalue weighted by Crippen LogP contribution is -2.32. The van der Waals surface area contributed by atoms with Gasteiger partial charge in [0.15, 0.2) is 0 Å². The number of hydrogen-bond donors (Lipinski definition) is 2. The van der Waals surface area contributed by atoms with Crippen LogP contribution in [0.25, 0.3) is 10.8 Å². The van der Waals surface area contributed by atoms with Gasteiger partial charge >= 0.3 is 0 Å². The molecule has 0 bridgehead atoms. The zero-order chi connectivity index (χ0) is 17.8. The summed E-state index contributed by atoms with van der Waals surface area (Å²) >= 11 is 5.90. The second-order valence-corrected chi connectivity index (χ2v) is 6.04. The van der Waals surface area contributed by atoms with Gasteiger partial charge in [0.2, 0.25) is 5.91 Å². The Kier molecular flexibility index (Phi) is 5.00. The van der Waals surface area contributed by atoms with E-state index in [0.717, 1.165) is 5.56 Å². The molecule has 0 saturated carbocycles. The Morgan fingerprint density at radius 3 is 2.60 bits per heavy atom. The van der Waals surface area contributed by atoms with Crippen LogP contribution in [0, 0.1) is 0 Å². The van der Waals surface area contributed by atoms with Gasteiger partial charge in [0.05, 0.1) is 17.3 Å². The van der Waals surface area contributed by atoms with Gasteiger partial charge in [0, 0.05) is 18.0 Å². The molecule has 0 radical (unpaired) electrons. The zero-order valence-corrected chi connectivity index (χ0v) is 14.0. The molecule has 1 aromatic heterocycles. The SMILES string of the molecule is O=C(CCn1[nH]c(=O)c2ccccc2c1=O)NCc1cccc(Cl)c1. The van der Waals surface area contributed by atoms with Gasteiger partial charge in [-0.2, -0.15) is 0 Å². The van der Waals surface area contributed by atoms with Crippen LogP contribution in [0.3, 0.4) is 0 Å². The van der Waals surface area contributed by atoms with Crippen LogP contribution in [0.2, 0.25) is 5.02 Å². The van der Waals surface area contributed by atoms with Crippen molar-refractivity contribution in [3.8, 4) is 0 Å². The number of benzene rings is 2. The molecule has 1 heterocycles. The molecule has 3 rings (SSSR count). The summed E-state index contributed by atoms with van der Waals surface area (Å²) in [5.74, 6) is -0.221. The molecule has 0 unspecified atom stereocenters. The van der Waals surface area contributed by atoms with Crippen LogP contribution in [0.5, 0.6) is 0 Å². The van der Waals surface area contributed by atoms with Gasteiger partial charge in [-0.05, 0) is 29.8 Å². The number of nitrogens with one attached hydrogen (secondary N) is 2. The van der Waals surface area contributed by atoms with E-state index in [4.69, 9.17) is 11.6 Å². The van der Waals surface area contributed by atoms with E-state index in [9.17, 15) is 14.4 Å². The third-order valence-corrected chi connectivity index (χ3v) is 4.06. The number of aryl methyl sites for hydroxylation is 1. The number of rotatable bonds is 5. The highest BCUT2D eigenvalue weighted by molar-refractivity contribution is 6.30. The minimum atomic E-state index is -0.352. The van der Waals surface area contributed by atoms with Crippen LogP contribution >= 0.6 is 11.6 Å². The van der Waals surface area contributed by atoms with E-state index in [1.807, 2.05) is 12.1 Å². The third kappa shape index (κ3) is 3.97. The highest BCUT2D eigenvalue weighted by Crippen LogP contribution is 2.10. The Hall–Kier alpha value is -2.86. The molecular formula is C18H16ClN3O3. The van der Waals surface area contributed by atoms with Crippen LogP contribution in [0.1, 0.15) is 12.0 Å². The normalized spacial score (nSPS) is 10.8. The van der Waals surface area contributed by atoms with E-state index in [2.05, 4.69) is 10.4 Å². The first-order chi connectivity index (χ1) is 12.0. The molecule has 0 saturated heterocycles. The van der Waals surface area contributed by atoms with Crippen molar-refractivity contribution in [2.45, 2.75) is 19.5 Å². The van der Waals surface area contributed by atoms with Gasteiger partial charge in [-0.1, -0.05) is 35.9 Å². The number of nitrogens with zero attached hydrogens (tertiary/aromatic N) is 1. The minimum Gasteiger partial charge on any atom is -0.352 e. The first-order valence-electron chi connectivity index (χ1n) is 7.77. The van der Waals surface area contributed by atoms with E-state index in [-0.39, 0.29) is 30.0 Å². The van der Waals surface area contributed by atoms with E-state index in [1.165, 1.54) is 4.68 Å². The molecule has 0 aliphatic carbocycles. The summed E-state index contributed by atoms with van der Waals surface area (Å²) in [6.07, 6.45) is 0.0781. The first-order valence-corrected chi connectivity index (χ1v) is 8.15. The average molecular weight is 358 g/mol. The number of carbonyl (C=O) groups is 1. The molecule has 0 atom stereocenters. The fourth-order valence-electron chi connectivity index (χ4n) is 2.55. The van der Waals surface area contributed by atoms with Crippen molar-refractivity contribution in [3.05, 3.63) is 79.8 Å². The van der Waals surface area contributed by atoms with E-state index in [1.54, 1.807) is 36.4 Å². The lowest BCUT2D eigenvalue weighted by Gasteiger charge is -2.08. The highest BCUT2D eigenvalue weighted by atomic mass is 35.5. The molecule has 0 aliphatic heterocycles. The fourth-order valence-corrected chi connectivity index (χ4v) is 2.77. The first kappa shape index (κ1) is 17.0. The summed E-state index contributed by atoms with van der Waals surface area (Å²) < 4.78 is 1.17. The largest absolute Gasteiger partial charge is 0.352 e. The Morgan fingerprint density at radius 2 is 1.84 bits per heavy atom. The predicted octanol–water partition coefficient (Wildman–Crippen LogP) is 2.05. The van der Waals surface area contributed by atoms with Gasteiger partial charge in [-0.3, -0.25) is 19.5 Å². The molecule has 128 valence electrons. The number of hydrogen-bond acceptors (Lipinski definition) is 3. The fraction of sp³-hybridized carbons (Fsp3) is 0.167. The lowest BCUT2D eigenvalue weighted by atomic mass is 10.2. The van der Waals surface area contributed by atoms with Crippen molar-refractivity contribution < 1.29 is 4.79 Å². The Bertz CT molecular complexity index is 1040. The van der Waals surface area contributed by atoms with Crippen molar-refractivity contribution >= 4 is 28.3 Å². The van der Waals surface area contributed by atoms with Gasteiger partial charge in [0.25, 0.3) is 11.1 Å². The number of aromatic nitrogens is 2. The van der Waals surface area contributed by atoms with Crippen LogP contribution in [0.15, 0.2) is 58.1 Å². The summed E-state index contributed by atoms with van der Waals surface area (Å²) in [4.78, 5) is 36.4. The van der Waals surface area contributed by atoms with Gasteiger partial charge in [-0.25, -0.2) is 4.68 Å². The molecule has 0 spiro atoms. The molecule has 25 heavy (non-hydrogen) atoms. The Labute approximate surface area is 148 Å². The van der Waals surface area contributed by atoms with E-state index < -0.39 is 0 Å². The van der Waals surface area contributed by atoms with Crippen LogP contribution in [-0.2, 0) is 17.9 Å². The van der Waals surface area contributed by atoms with Crippen LogP contribution in [0.4, 0.5) is 0 Å².